The van der Waals surface area contributed by atoms with Crippen LogP contribution >= 0.6 is 11.3 Å². The van der Waals surface area contributed by atoms with Crippen molar-refractivity contribution in [2.24, 2.45) is 0 Å². The number of amides is 2. The lowest BCUT2D eigenvalue weighted by Gasteiger charge is -2.48. The Balaban J connectivity index is 1.19. The SMILES string of the molecule is COc1cccc2c(C)c(C(=O)N3CC(N4CCN(C(=O)c5cscn5)CC4)C3)[nH]c12. The van der Waals surface area contributed by atoms with Gasteiger partial charge in [0.05, 0.1) is 18.1 Å². The highest BCUT2D eigenvalue weighted by Crippen LogP contribution is 2.30. The number of aromatic amines is 1. The summed E-state index contributed by atoms with van der Waals surface area (Å²) in [6.45, 7) is 6.44. The number of carbonyl (C=O) groups excluding carboxylic acids is 2. The second-order valence-electron chi connectivity index (χ2n) is 8.07. The standard InChI is InChI=1S/C22H25N5O3S/c1-14-16-4-3-5-18(30-2)20(16)24-19(14)22(29)27-10-15(11-27)25-6-8-26(9-7-25)21(28)17-12-31-13-23-17/h3-5,12-13,15,24H,6-11H2,1-2H3. The van der Waals surface area contributed by atoms with E-state index in [-0.39, 0.29) is 11.8 Å². The van der Waals surface area contributed by atoms with Crippen molar-refractivity contribution in [3.05, 3.63) is 46.0 Å². The Labute approximate surface area is 184 Å². The summed E-state index contributed by atoms with van der Waals surface area (Å²) in [7, 11) is 1.64. The van der Waals surface area contributed by atoms with Crippen LogP contribution in [0.3, 0.4) is 0 Å². The molecule has 2 aromatic heterocycles. The van der Waals surface area contributed by atoms with Crippen molar-refractivity contribution in [1.29, 1.82) is 0 Å². The van der Waals surface area contributed by atoms with E-state index in [4.69, 9.17) is 4.74 Å². The normalized spacial score (nSPS) is 17.7. The topological polar surface area (TPSA) is 81.8 Å². The molecule has 8 nitrogen and oxygen atoms in total. The first-order chi connectivity index (χ1) is 15.1. The molecule has 0 bridgehead atoms. The van der Waals surface area contributed by atoms with E-state index in [1.165, 1.54) is 11.3 Å². The maximum Gasteiger partial charge on any atom is 0.273 e. The van der Waals surface area contributed by atoms with E-state index in [1.54, 1.807) is 18.0 Å². The first-order valence-electron chi connectivity index (χ1n) is 10.4. The van der Waals surface area contributed by atoms with Gasteiger partial charge in [-0.15, -0.1) is 11.3 Å². The van der Waals surface area contributed by atoms with Crippen molar-refractivity contribution >= 4 is 34.1 Å². The van der Waals surface area contributed by atoms with E-state index in [1.807, 2.05) is 34.9 Å². The zero-order chi connectivity index (χ0) is 21.5. The first-order valence-corrected chi connectivity index (χ1v) is 11.4. The van der Waals surface area contributed by atoms with Gasteiger partial charge in [0.2, 0.25) is 0 Å². The highest BCUT2D eigenvalue weighted by Gasteiger charge is 2.38. The molecule has 2 fully saturated rings. The lowest BCUT2D eigenvalue weighted by Crippen LogP contribution is -2.64. The third-order valence-corrected chi connectivity index (χ3v) is 6.99. The summed E-state index contributed by atoms with van der Waals surface area (Å²) >= 11 is 1.44. The molecular formula is C22H25N5O3S. The van der Waals surface area contributed by atoms with Gasteiger partial charge >= 0.3 is 0 Å². The Kier molecular flexibility index (Phi) is 5.15. The van der Waals surface area contributed by atoms with E-state index >= 15 is 0 Å². The molecule has 0 saturated carbocycles. The first kappa shape index (κ1) is 20.0. The molecule has 9 heteroatoms. The number of piperazine rings is 1. The molecule has 0 unspecified atom stereocenters. The molecule has 0 spiro atoms. The van der Waals surface area contributed by atoms with Crippen LogP contribution in [0.5, 0.6) is 5.75 Å². The zero-order valence-corrected chi connectivity index (χ0v) is 18.4. The van der Waals surface area contributed by atoms with Crippen LogP contribution < -0.4 is 4.74 Å². The fraction of sp³-hybridized carbons (Fsp3) is 0.409. The summed E-state index contributed by atoms with van der Waals surface area (Å²) < 4.78 is 5.43. The number of aromatic nitrogens is 2. The number of nitrogens with one attached hydrogen (secondary N) is 1. The molecule has 2 amide bonds. The third-order valence-electron chi connectivity index (χ3n) is 6.41. The number of rotatable bonds is 4. The molecule has 0 radical (unpaired) electrons. The minimum absolute atomic E-state index is 0.0102. The predicted octanol–water partition coefficient (Wildman–Crippen LogP) is 2.22. The third kappa shape index (κ3) is 3.47. The van der Waals surface area contributed by atoms with Crippen molar-refractivity contribution in [1.82, 2.24) is 24.7 Å². The van der Waals surface area contributed by atoms with Gasteiger partial charge in [-0.25, -0.2) is 4.98 Å². The minimum Gasteiger partial charge on any atom is -0.495 e. The van der Waals surface area contributed by atoms with Gasteiger partial charge in [-0.05, 0) is 18.6 Å². The van der Waals surface area contributed by atoms with E-state index < -0.39 is 0 Å². The number of hydrogen-bond donors (Lipinski definition) is 1. The largest absolute Gasteiger partial charge is 0.495 e. The van der Waals surface area contributed by atoms with Gasteiger partial charge in [0, 0.05) is 56.1 Å². The van der Waals surface area contributed by atoms with E-state index in [0.29, 0.717) is 43.6 Å². The summed E-state index contributed by atoms with van der Waals surface area (Å²) in [6, 6.07) is 6.19. The average molecular weight is 440 g/mol. The van der Waals surface area contributed by atoms with Crippen molar-refractivity contribution < 1.29 is 14.3 Å². The molecule has 0 atom stereocenters. The van der Waals surface area contributed by atoms with E-state index in [0.717, 1.165) is 35.3 Å². The highest BCUT2D eigenvalue weighted by molar-refractivity contribution is 7.07. The summed E-state index contributed by atoms with van der Waals surface area (Å²) in [5, 5.41) is 2.81. The number of likely N-dealkylation sites (tertiary alicyclic amines) is 1. The summed E-state index contributed by atoms with van der Waals surface area (Å²) in [5.74, 6) is 0.784. The Hall–Kier alpha value is -2.91. The number of H-pyrrole nitrogens is 1. The number of fused-ring (bicyclic) bond motifs is 1. The molecule has 1 aromatic carbocycles. The number of aryl methyl sites for hydroxylation is 1. The molecule has 2 aliphatic heterocycles. The number of para-hydroxylation sites is 1. The van der Waals surface area contributed by atoms with E-state index in [9.17, 15) is 9.59 Å². The minimum atomic E-state index is 0.0102. The Bertz CT molecular complexity index is 1110. The van der Waals surface area contributed by atoms with Crippen molar-refractivity contribution in [3.63, 3.8) is 0 Å². The maximum atomic E-state index is 13.1. The molecule has 31 heavy (non-hydrogen) atoms. The quantitative estimate of drug-likeness (QED) is 0.674. The molecule has 2 saturated heterocycles. The number of nitrogens with zero attached hydrogens (tertiary/aromatic N) is 4. The van der Waals surface area contributed by atoms with Crippen LogP contribution in [-0.4, -0.2) is 88.9 Å². The monoisotopic (exact) mass is 439 g/mol. The van der Waals surface area contributed by atoms with Crippen molar-refractivity contribution in [2.45, 2.75) is 13.0 Å². The van der Waals surface area contributed by atoms with Gasteiger partial charge in [0.25, 0.3) is 11.8 Å². The van der Waals surface area contributed by atoms with Gasteiger partial charge in [-0.1, -0.05) is 12.1 Å². The predicted molar refractivity (Wildman–Crippen MR) is 119 cm³/mol. The zero-order valence-electron chi connectivity index (χ0n) is 17.6. The molecule has 5 rings (SSSR count). The maximum absolute atomic E-state index is 13.1. The number of carbonyl (C=O) groups is 2. The Morgan fingerprint density at radius 2 is 1.90 bits per heavy atom. The number of hydrogen-bond acceptors (Lipinski definition) is 6. The Morgan fingerprint density at radius 3 is 2.58 bits per heavy atom. The van der Waals surface area contributed by atoms with Gasteiger partial charge in [-0.3, -0.25) is 14.5 Å². The van der Waals surface area contributed by atoms with Crippen molar-refractivity contribution in [3.8, 4) is 5.75 Å². The van der Waals surface area contributed by atoms with Crippen LogP contribution in [0.1, 0.15) is 26.5 Å². The lowest BCUT2D eigenvalue weighted by molar-refractivity contribution is 0.00815. The van der Waals surface area contributed by atoms with Gasteiger partial charge in [-0.2, -0.15) is 0 Å². The fourth-order valence-corrected chi connectivity index (χ4v) is 5.02. The number of methoxy groups -OCH3 is 1. The lowest BCUT2D eigenvalue weighted by atomic mass is 10.0. The molecular weight excluding hydrogens is 414 g/mol. The van der Waals surface area contributed by atoms with Crippen LogP contribution in [0.15, 0.2) is 29.1 Å². The summed E-state index contributed by atoms with van der Waals surface area (Å²) in [6.07, 6.45) is 0. The fourth-order valence-electron chi connectivity index (χ4n) is 4.49. The van der Waals surface area contributed by atoms with Crippen LogP contribution in [0.25, 0.3) is 10.9 Å². The van der Waals surface area contributed by atoms with Gasteiger partial charge < -0.3 is 19.5 Å². The second-order valence-corrected chi connectivity index (χ2v) is 8.79. The Morgan fingerprint density at radius 1 is 1.13 bits per heavy atom. The van der Waals surface area contributed by atoms with Crippen LogP contribution in [0.4, 0.5) is 0 Å². The number of benzene rings is 1. The van der Waals surface area contributed by atoms with Gasteiger partial charge in [0.15, 0.2) is 0 Å². The smallest absolute Gasteiger partial charge is 0.273 e. The average Bonchev–Trinajstić information content (AvgIpc) is 3.41. The summed E-state index contributed by atoms with van der Waals surface area (Å²) in [5.41, 5.74) is 4.68. The highest BCUT2D eigenvalue weighted by atomic mass is 32.1. The van der Waals surface area contributed by atoms with Crippen LogP contribution in [0, 0.1) is 6.92 Å². The van der Waals surface area contributed by atoms with Crippen LogP contribution in [-0.2, 0) is 0 Å². The molecule has 162 valence electrons. The van der Waals surface area contributed by atoms with Crippen LogP contribution in [0.2, 0.25) is 0 Å². The molecule has 1 N–H and O–H groups in total. The molecule has 3 aromatic rings. The molecule has 2 aliphatic rings. The van der Waals surface area contributed by atoms with Gasteiger partial charge in [0.1, 0.15) is 17.1 Å². The second kappa shape index (κ2) is 7.97. The molecule has 0 aliphatic carbocycles. The summed E-state index contributed by atoms with van der Waals surface area (Å²) in [4.78, 5) is 39.1. The molecule has 4 heterocycles. The number of ether oxygens (including phenoxy) is 1. The van der Waals surface area contributed by atoms with E-state index in [2.05, 4.69) is 14.9 Å². The van der Waals surface area contributed by atoms with Crippen molar-refractivity contribution in [2.75, 3.05) is 46.4 Å². The number of thiazole rings is 1.